The quantitative estimate of drug-likeness (QED) is 0.417. The Morgan fingerprint density at radius 1 is 1.00 bits per heavy atom. The lowest BCUT2D eigenvalue weighted by molar-refractivity contribution is 0.0674. The fourth-order valence-corrected chi connectivity index (χ4v) is 3.08. The van der Waals surface area contributed by atoms with Gasteiger partial charge in [0, 0.05) is 45.8 Å². The molecule has 0 aliphatic carbocycles. The van der Waals surface area contributed by atoms with Crippen LogP contribution in [0, 0.1) is 0 Å². The Morgan fingerprint density at radius 2 is 1.60 bits per heavy atom. The van der Waals surface area contributed by atoms with Crippen LogP contribution >= 0.6 is 24.0 Å². The van der Waals surface area contributed by atoms with Crippen molar-refractivity contribution < 1.29 is 4.74 Å². The summed E-state index contributed by atoms with van der Waals surface area (Å²) in [7, 11) is 2.19. The van der Waals surface area contributed by atoms with Crippen molar-refractivity contribution >= 4 is 29.9 Å². The molecular weight excluding hydrogens is 429 g/mol. The van der Waals surface area contributed by atoms with Crippen LogP contribution in [0.2, 0.25) is 0 Å². The number of guanidine groups is 1. The monoisotopic (exact) mass is 459 g/mol. The average molecular weight is 459 g/mol. The van der Waals surface area contributed by atoms with Crippen LogP contribution in [-0.4, -0.2) is 80.2 Å². The molecule has 2 fully saturated rings. The summed E-state index contributed by atoms with van der Waals surface area (Å²) in [6, 6.07) is 8.77. The predicted molar refractivity (Wildman–Crippen MR) is 112 cm³/mol. The van der Waals surface area contributed by atoms with Crippen LogP contribution < -0.4 is 5.73 Å². The van der Waals surface area contributed by atoms with Gasteiger partial charge in [-0.15, -0.1) is 24.0 Å². The van der Waals surface area contributed by atoms with E-state index in [1.165, 1.54) is 11.1 Å². The number of morpholine rings is 1. The first-order valence-corrected chi connectivity index (χ1v) is 8.82. The number of rotatable bonds is 4. The number of ether oxygens (including phenoxy) is 1. The normalized spacial score (nSPS) is 20.4. The van der Waals surface area contributed by atoms with E-state index in [0.29, 0.717) is 12.5 Å². The van der Waals surface area contributed by atoms with Gasteiger partial charge in [-0.25, -0.2) is 4.99 Å². The van der Waals surface area contributed by atoms with Crippen LogP contribution in [0.25, 0.3) is 0 Å². The van der Waals surface area contributed by atoms with Gasteiger partial charge in [-0.1, -0.05) is 24.3 Å². The second-order valence-corrected chi connectivity index (χ2v) is 6.67. The molecule has 1 aromatic rings. The molecule has 25 heavy (non-hydrogen) atoms. The Labute approximate surface area is 168 Å². The van der Waals surface area contributed by atoms with Crippen LogP contribution in [-0.2, 0) is 17.8 Å². The van der Waals surface area contributed by atoms with E-state index in [2.05, 4.69) is 51.0 Å². The summed E-state index contributed by atoms with van der Waals surface area (Å²) in [6.45, 7) is 9.43. The summed E-state index contributed by atoms with van der Waals surface area (Å²) in [6.07, 6.45) is 0. The molecule has 2 aliphatic rings. The molecule has 2 heterocycles. The molecular formula is C18H30IN5O. The summed E-state index contributed by atoms with van der Waals surface area (Å²) in [4.78, 5) is 11.5. The van der Waals surface area contributed by atoms with Crippen molar-refractivity contribution in [1.82, 2.24) is 14.7 Å². The lowest BCUT2D eigenvalue weighted by atomic mass is 10.1. The third-order valence-electron chi connectivity index (χ3n) is 4.78. The van der Waals surface area contributed by atoms with Gasteiger partial charge in [0.05, 0.1) is 19.8 Å². The van der Waals surface area contributed by atoms with E-state index in [1.807, 2.05) is 0 Å². The standard InChI is InChI=1S/C18H29N5O.HI/c1-21-6-8-22(9-7-21)15-17-4-2-16(3-5-17)14-20-18(19)23-10-12-24-13-11-23;/h2-5H,6-15H2,1H3,(H2,19,20);1H. The fourth-order valence-electron chi connectivity index (χ4n) is 3.08. The molecule has 6 nitrogen and oxygen atoms in total. The zero-order chi connectivity index (χ0) is 16.8. The molecule has 7 heteroatoms. The van der Waals surface area contributed by atoms with Crippen molar-refractivity contribution in [2.24, 2.45) is 10.7 Å². The molecule has 0 aromatic heterocycles. The van der Waals surface area contributed by atoms with Gasteiger partial charge in [0.25, 0.3) is 0 Å². The third-order valence-corrected chi connectivity index (χ3v) is 4.78. The Morgan fingerprint density at radius 3 is 2.24 bits per heavy atom. The highest BCUT2D eigenvalue weighted by Gasteiger charge is 2.14. The second-order valence-electron chi connectivity index (χ2n) is 6.67. The SMILES string of the molecule is CN1CCN(Cc2ccc(CN=C(N)N3CCOCC3)cc2)CC1.I. The molecule has 140 valence electrons. The largest absolute Gasteiger partial charge is 0.378 e. The molecule has 3 rings (SSSR count). The lowest BCUT2D eigenvalue weighted by Crippen LogP contribution is -2.44. The van der Waals surface area contributed by atoms with Crippen LogP contribution in [0.15, 0.2) is 29.3 Å². The topological polar surface area (TPSA) is 57.3 Å². The molecule has 0 atom stereocenters. The first kappa shape index (κ1) is 20.4. The number of hydrogen-bond donors (Lipinski definition) is 1. The fraction of sp³-hybridized carbons (Fsp3) is 0.611. The number of likely N-dealkylation sites (N-methyl/N-ethyl adjacent to an activating group) is 1. The molecule has 0 unspecified atom stereocenters. The molecule has 0 spiro atoms. The minimum absolute atomic E-state index is 0. The number of hydrogen-bond acceptors (Lipinski definition) is 4. The maximum absolute atomic E-state index is 6.07. The van der Waals surface area contributed by atoms with Crippen molar-refractivity contribution in [1.29, 1.82) is 0 Å². The Balaban J connectivity index is 0.00000225. The highest BCUT2D eigenvalue weighted by Crippen LogP contribution is 2.10. The maximum atomic E-state index is 6.07. The van der Waals surface area contributed by atoms with Gasteiger partial charge in [0.2, 0.25) is 0 Å². The predicted octanol–water partition coefficient (Wildman–Crippen LogP) is 1.20. The summed E-state index contributed by atoms with van der Waals surface area (Å²) in [5.41, 5.74) is 8.64. The molecule has 0 saturated carbocycles. The van der Waals surface area contributed by atoms with Crippen LogP contribution in [0.5, 0.6) is 0 Å². The van der Waals surface area contributed by atoms with Gasteiger partial charge in [0.1, 0.15) is 0 Å². The lowest BCUT2D eigenvalue weighted by Gasteiger charge is -2.32. The second kappa shape index (κ2) is 10.3. The Bertz CT molecular complexity index is 537. The number of nitrogens with zero attached hydrogens (tertiary/aromatic N) is 4. The molecule has 0 bridgehead atoms. The first-order valence-electron chi connectivity index (χ1n) is 8.82. The van der Waals surface area contributed by atoms with Crippen molar-refractivity contribution in [2.75, 3.05) is 59.5 Å². The maximum Gasteiger partial charge on any atom is 0.191 e. The van der Waals surface area contributed by atoms with Crippen molar-refractivity contribution in [3.05, 3.63) is 35.4 Å². The van der Waals surface area contributed by atoms with Crippen molar-refractivity contribution in [2.45, 2.75) is 13.1 Å². The summed E-state index contributed by atoms with van der Waals surface area (Å²) < 4.78 is 5.34. The number of benzene rings is 1. The minimum atomic E-state index is 0. The first-order chi connectivity index (χ1) is 11.7. The van der Waals surface area contributed by atoms with Gasteiger partial charge >= 0.3 is 0 Å². The minimum Gasteiger partial charge on any atom is -0.378 e. The van der Waals surface area contributed by atoms with E-state index in [1.54, 1.807) is 0 Å². The Kier molecular flexibility index (Phi) is 8.41. The van der Waals surface area contributed by atoms with Gasteiger partial charge in [-0.3, -0.25) is 4.90 Å². The van der Waals surface area contributed by atoms with E-state index < -0.39 is 0 Å². The van der Waals surface area contributed by atoms with Crippen molar-refractivity contribution in [3.63, 3.8) is 0 Å². The molecule has 0 radical (unpaired) electrons. The third kappa shape index (κ3) is 6.40. The molecule has 2 N–H and O–H groups in total. The van der Waals surface area contributed by atoms with Gasteiger partial charge in [-0.2, -0.15) is 0 Å². The number of aliphatic imine (C=N–C) groups is 1. The summed E-state index contributed by atoms with van der Waals surface area (Å²) >= 11 is 0. The molecule has 2 saturated heterocycles. The van der Waals surface area contributed by atoms with Gasteiger partial charge in [-0.05, 0) is 18.2 Å². The Hall–Kier alpha value is -0.900. The zero-order valence-electron chi connectivity index (χ0n) is 15.1. The number of nitrogens with two attached hydrogens (primary N) is 1. The molecule has 0 amide bonds. The molecule has 2 aliphatic heterocycles. The van der Waals surface area contributed by atoms with Crippen LogP contribution in [0.4, 0.5) is 0 Å². The van der Waals surface area contributed by atoms with Gasteiger partial charge < -0.3 is 20.3 Å². The van der Waals surface area contributed by atoms with Crippen LogP contribution in [0.3, 0.4) is 0 Å². The van der Waals surface area contributed by atoms with Crippen LogP contribution in [0.1, 0.15) is 11.1 Å². The average Bonchev–Trinajstić information content (AvgIpc) is 2.63. The van der Waals surface area contributed by atoms with E-state index in [4.69, 9.17) is 10.5 Å². The summed E-state index contributed by atoms with van der Waals surface area (Å²) in [5, 5.41) is 0. The van der Waals surface area contributed by atoms with E-state index in [0.717, 1.165) is 59.0 Å². The van der Waals surface area contributed by atoms with E-state index in [9.17, 15) is 0 Å². The zero-order valence-corrected chi connectivity index (χ0v) is 17.4. The van der Waals surface area contributed by atoms with E-state index in [-0.39, 0.29) is 24.0 Å². The number of halogens is 1. The highest BCUT2D eigenvalue weighted by molar-refractivity contribution is 14.0. The van der Waals surface area contributed by atoms with Gasteiger partial charge in [0.15, 0.2) is 5.96 Å². The van der Waals surface area contributed by atoms with Crippen molar-refractivity contribution in [3.8, 4) is 0 Å². The number of piperazine rings is 1. The molecule has 1 aromatic carbocycles. The smallest absolute Gasteiger partial charge is 0.191 e. The summed E-state index contributed by atoms with van der Waals surface area (Å²) in [5.74, 6) is 0.625. The highest BCUT2D eigenvalue weighted by atomic mass is 127. The van der Waals surface area contributed by atoms with E-state index >= 15 is 0 Å².